The zero-order valence-corrected chi connectivity index (χ0v) is 15.0. The molecule has 1 spiro atoms. The first-order chi connectivity index (χ1) is 11.5. The minimum absolute atomic E-state index is 0.0141. The summed E-state index contributed by atoms with van der Waals surface area (Å²) in [7, 11) is 0. The Kier molecular flexibility index (Phi) is 5.26. The van der Waals surface area contributed by atoms with Crippen molar-refractivity contribution in [3.63, 3.8) is 0 Å². The minimum Gasteiger partial charge on any atom is -0.381 e. The molecule has 3 rings (SSSR count). The molecule has 4 heteroatoms. The van der Waals surface area contributed by atoms with Gasteiger partial charge < -0.3 is 10.5 Å². The first-order valence-corrected chi connectivity index (χ1v) is 9.22. The van der Waals surface area contributed by atoms with Gasteiger partial charge in [-0.05, 0) is 54.7 Å². The molecule has 0 aromatic heterocycles. The van der Waals surface area contributed by atoms with Gasteiger partial charge >= 0.3 is 0 Å². The second-order valence-corrected chi connectivity index (χ2v) is 7.75. The fourth-order valence-electron chi connectivity index (χ4n) is 4.48. The highest BCUT2D eigenvalue weighted by Gasteiger charge is 2.48. The quantitative estimate of drug-likeness (QED) is 0.923. The summed E-state index contributed by atoms with van der Waals surface area (Å²) in [5.74, 6) is 0.369. The number of hydrogen-bond donors (Lipinski definition) is 1. The SMILES string of the molecule is CC(C)c1ccc(CN2CCCC3(CCOCC3)C2C(N)=O)cc1. The number of benzene rings is 1. The summed E-state index contributed by atoms with van der Waals surface area (Å²) in [6, 6.07) is 8.62. The Labute approximate surface area is 145 Å². The molecule has 2 heterocycles. The van der Waals surface area contributed by atoms with Crippen LogP contribution in [0.25, 0.3) is 0 Å². The maximum Gasteiger partial charge on any atom is 0.235 e. The Morgan fingerprint density at radius 1 is 1.25 bits per heavy atom. The number of piperidine rings is 1. The summed E-state index contributed by atoms with van der Waals surface area (Å²) in [6.45, 7) is 7.66. The number of hydrogen-bond acceptors (Lipinski definition) is 3. The van der Waals surface area contributed by atoms with Crippen LogP contribution in [0.15, 0.2) is 24.3 Å². The number of primary amides is 1. The van der Waals surface area contributed by atoms with Gasteiger partial charge in [0.2, 0.25) is 5.91 Å². The van der Waals surface area contributed by atoms with Gasteiger partial charge in [-0.15, -0.1) is 0 Å². The summed E-state index contributed by atoms with van der Waals surface area (Å²) < 4.78 is 5.54. The van der Waals surface area contributed by atoms with Gasteiger partial charge in [-0.1, -0.05) is 38.1 Å². The smallest absolute Gasteiger partial charge is 0.235 e. The van der Waals surface area contributed by atoms with E-state index in [0.29, 0.717) is 5.92 Å². The molecule has 0 aliphatic carbocycles. The first-order valence-electron chi connectivity index (χ1n) is 9.22. The molecule has 0 saturated carbocycles. The molecule has 24 heavy (non-hydrogen) atoms. The number of likely N-dealkylation sites (tertiary alicyclic amines) is 1. The maximum absolute atomic E-state index is 12.3. The van der Waals surface area contributed by atoms with Crippen LogP contribution in [-0.4, -0.2) is 36.6 Å². The Morgan fingerprint density at radius 2 is 1.92 bits per heavy atom. The average Bonchev–Trinajstić information content (AvgIpc) is 2.56. The predicted molar refractivity (Wildman–Crippen MR) is 95.6 cm³/mol. The predicted octanol–water partition coefficient (Wildman–Crippen LogP) is 3.06. The molecule has 0 radical (unpaired) electrons. The standard InChI is InChI=1S/C20H30N2O2/c1-15(2)17-6-4-16(5-7-17)14-22-11-3-8-20(18(22)19(21)23)9-12-24-13-10-20/h4-7,15,18H,3,8-14H2,1-2H3,(H2,21,23). The number of amides is 1. The van der Waals surface area contributed by atoms with Crippen molar-refractivity contribution in [3.8, 4) is 0 Å². The third kappa shape index (κ3) is 3.50. The lowest BCUT2D eigenvalue weighted by Crippen LogP contribution is -2.59. The zero-order valence-electron chi connectivity index (χ0n) is 15.0. The van der Waals surface area contributed by atoms with Crippen LogP contribution >= 0.6 is 0 Å². The van der Waals surface area contributed by atoms with E-state index in [0.717, 1.165) is 52.0 Å². The van der Waals surface area contributed by atoms with Crippen molar-refractivity contribution in [2.75, 3.05) is 19.8 Å². The van der Waals surface area contributed by atoms with Crippen LogP contribution in [0.1, 0.15) is 56.6 Å². The second kappa shape index (κ2) is 7.24. The number of rotatable bonds is 4. The maximum atomic E-state index is 12.3. The Bertz CT molecular complexity index is 556. The Morgan fingerprint density at radius 3 is 2.50 bits per heavy atom. The van der Waals surface area contributed by atoms with Gasteiger partial charge in [0.15, 0.2) is 0 Å². The highest BCUT2D eigenvalue weighted by molar-refractivity contribution is 5.81. The third-order valence-corrected chi connectivity index (χ3v) is 5.86. The lowest BCUT2D eigenvalue weighted by molar-refractivity contribution is -0.138. The van der Waals surface area contributed by atoms with Gasteiger partial charge in [0.1, 0.15) is 0 Å². The zero-order chi connectivity index (χ0) is 17.2. The second-order valence-electron chi connectivity index (χ2n) is 7.75. The lowest BCUT2D eigenvalue weighted by Gasteiger charge is -2.50. The van der Waals surface area contributed by atoms with Crippen LogP contribution in [-0.2, 0) is 16.1 Å². The molecule has 2 fully saturated rings. The molecule has 1 amide bonds. The van der Waals surface area contributed by atoms with E-state index in [1.165, 1.54) is 11.1 Å². The van der Waals surface area contributed by atoms with E-state index in [1.807, 2.05) is 0 Å². The van der Waals surface area contributed by atoms with E-state index < -0.39 is 0 Å². The van der Waals surface area contributed by atoms with E-state index in [9.17, 15) is 4.79 Å². The van der Waals surface area contributed by atoms with Gasteiger partial charge in [0.25, 0.3) is 0 Å². The van der Waals surface area contributed by atoms with E-state index >= 15 is 0 Å². The summed E-state index contributed by atoms with van der Waals surface area (Å²) in [4.78, 5) is 14.6. The van der Waals surface area contributed by atoms with Crippen molar-refractivity contribution in [2.24, 2.45) is 11.1 Å². The van der Waals surface area contributed by atoms with E-state index in [1.54, 1.807) is 0 Å². The molecule has 1 aromatic carbocycles. The molecule has 1 unspecified atom stereocenters. The van der Waals surface area contributed by atoms with E-state index in [4.69, 9.17) is 10.5 Å². The monoisotopic (exact) mass is 330 g/mol. The highest BCUT2D eigenvalue weighted by Crippen LogP contribution is 2.44. The van der Waals surface area contributed by atoms with Gasteiger partial charge in [-0.2, -0.15) is 0 Å². The van der Waals surface area contributed by atoms with E-state index in [-0.39, 0.29) is 17.4 Å². The van der Waals surface area contributed by atoms with Crippen molar-refractivity contribution < 1.29 is 9.53 Å². The number of nitrogens with zero attached hydrogens (tertiary/aromatic N) is 1. The molecule has 2 aliphatic rings. The summed E-state index contributed by atoms with van der Waals surface area (Å²) in [6.07, 6.45) is 4.12. The van der Waals surface area contributed by atoms with E-state index in [2.05, 4.69) is 43.0 Å². The molecule has 2 saturated heterocycles. The van der Waals surface area contributed by atoms with Crippen LogP contribution < -0.4 is 5.73 Å². The fourth-order valence-corrected chi connectivity index (χ4v) is 4.48. The number of carbonyl (C=O) groups excluding carboxylic acids is 1. The van der Waals surface area contributed by atoms with Crippen molar-refractivity contribution in [2.45, 2.75) is 58.0 Å². The topological polar surface area (TPSA) is 55.6 Å². The molecular weight excluding hydrogens is 300 g/mol. The van der Waals surface area contributed by atoms with Crippen molar-refractivity contribution in [1.29, 1.82) is 0 Å². The summed E-state index contributed by atoms with van der Waals surface area (Å²) in [5, 5.41) is 0. The lowest BCUT2D eigenvalue weighted by atomic mass is 9.67. The number of nitrogens with two attached hydrogens (primary N) is 1. The Hall–Kier alpha value is -1.39. The van der Waals surface area contributed by atoms with Gasteiger partial charge in [-0.3, -0.25) is 9.69 Å². The van der Waals surface area contributed by atoms with Crippen LogP contribution in [0.5, 0.6) is 0 Å². The molecule has 0 bridgehead atoms. The highest BCUT2D eigenvalue weighted by atomic mass is 16.5. The first kappa shape index (κ1) is 17.4. The van der Waals surface area contributed by atoms with Crippen molar-refractivity contribution in [1.82, 2.24) is 4.90 Å². The van der Waals surface area contributed by atoms with Crippen molar-refractivity contribution >= 4 is 5.91 Å². The molecular formula is C20H30N2O2. The molecule has 1 aromatic rings. The van der Waals surface area contributed by atoms with Crippen LogP contribution in [0.2, 0.25) is 0 Å². The number of carbonyl (C=O) groups is 1. The molecule has 1 atom stereocenters. The van der Waals surface area contributed by atoms with Crippen LogP contribution in [0.3, 0.4) is 0 Å². The minimum atomic E-state index is -0.171. The van der Waals surface area contributed by atoms with Gasteiger partial charge in [-0.25, -0.2) is 0 Å². The third-order valence-electron chi connectivity index (χ3n) is 5.86. The molecule has 2 N–H and O–H groups in total. The molecule has 4 nitrogen and oxygen atoms in total. The average molecular weight is 330 g/mol. The van der Waals surface area contributed by atoms with Gasteiger partial charge in [0.05, 0.1) is 6.04 Å². The number of ether oxygens (including phenoxy) is 1. The molecule has 2 aliphatic heterocycles. The Balaban J connectivity index is 1.79. The van der Waals surface area contributed by atoms with Crippen LogP contribution in [0, 0.1) is 5.41 Å². The molecule has 132 valence electrons. The van der Waals surface area contributed by atoms with Crippen LogP contribution in [0.4, 0.5) is 0 Å². The summed E-state index contributed by atoms with van der Waals surface area (Å²) in [5.41, 5.74) is 8.48. The van der Waals surface area contributed by atoms with Gasteiger partial charge in [0, 0.05) is 19.8 Å². The normalized spacial score (nSPS) is 24.4. The largest absolute Gasteiger partial charge is 0.381 e. The summed E-state index contributed by atoms with van der Waals surface area (Å²) >= 11 is 0. The van der Waals surface area contributed by atoms with Crippen molar-refractivity contribution in [3.05, 3.63) is 35.4 Å². The fraction of sp³-hybridized carbons (Fsp3) is 0.650.